The zero-order chi connectivity index (χ0) is 10.7. The van der Waals surface area contributed by atoms with Crippen LogP contribution in [-0.4, -0.2) is 23.8 Å². The number of aliphatic hydroxyl groups is 1. The summed E-state index contributed by atoms with van der Waals surface area (Å²) in [5, 5.41) is 12.3. The lowest BCUT2D eigenvalue weighted by molar-refractivity contribution is 0.204. The van der Waals surface area contributed by atoms with E-state index in [1.807, 2.05) is 6.92 Å². The maximum Gasteiger partial charge on any atom is 0.0582 e. The number of hydrogen-bond donors (Lipinski definition) is 2. The van der Waals surface area contributed by atoms with Crippen molar-refractivity contribution in [1.29, 1.82) is 0 Å². The van der Waals surface area contributed by atoms with Crippen molar-refractivity contribution in [3.8, 4) is 0 Å². The lowest BCUT2D eigenvalue weighted by Gasteiger charge is -2.37. The molecule has 0 amide bonds. The van der Waals surface area contributed by atoms with Crippen LogP contribution in [0.1, 0.15) is 31.2 Å². The summed E-state index contributed by atoms with van der Waals surface area (Å²) in [7, 11) is 0. The molecule has 0 saturated heterocycles. The maximum atomic E-state index is 8.92. The van der Waals surface area contributed by atoms with Gasteiger partial charge in [-0.1, -0.05) is 30.3 Å². The molecule has 1 aromatic rings. The first-order valence-corrected chi connectivity index (χ1v) is 5.71. The average Bonchev–Trinajstić information content (AvgIpc) is 2.23. The molecule has 1 saturated carbocycles. The molecule has 0 radical (unpaired) electrons. The molecule has 1 atom stereocenters. The molecule has 1 aliphatic rings. The fourth-order valence-electron chi connectivity index (χ4n) is 2.21. The van der Waals surface area contributed by atoms with Crippen LogP contribution >= 0.6 is 0 Å². The zero-order valence-corrected chi connectivity index (χ0v) is 9.19. The molecule has 0 spiro atoms. The predicted octanol–water partition coefficient (Wildman–Crippen LogP) is 1.90. The highest BCUT2D eigenvalue weighted by atomic mass is 16.3. The Bertz CT molecular complexity index is 293. The van der Waals surface area contributed by atoms with Crippen molar-refractivity contribution >= 4 is 0 Å². The van der Waals surface area contributed by atoms with Crippen LogP contribution in [0.5, 0.6) is 0 Å². The molecular weight excluding hydrogens is 186 g/mol. The summed E-state index contributed by atoms with van der Waals surface area (Å²) in [4.78, 5) is 0. The average molecular weight is 205 g/mol. The third-order valence-corrected chi connectivity index (χ3v) is 3.20. The summed E-state index contributed by atoms with van der Waals surface area (Å²) in [6.07, 6.45) is 2.41. The van der Waals surface area contributed by atoms with Crippen molar-refractivity contribution in [2.24, 2.45) is 0 Å². The number of aliphatic hydroxyl groups excluding tert-OH is 1. The lowest BCUT2D eigenvalue weighted by atomic mass is 9.75. The molecule has 0 aromatic heterocycles. The minimum Gasteiger partial charge on any atom is -0.395 e. The molecule has 0 unspecified atom stereocenters. The molecule has 1 aliphatic carbocycles. The summed E-state index contributed by atoms with van der Waals surface area (Å²) in [5.74, 6) is 0.717. The molecule has 15 heavy (non-hydrogen) atoms. The normalized spacial score (nSPS) is 27.1. The van der Waals surface area contributed by atoms with Gasteiger partial charge >= 0.3 is 0 Å². The van der Waals surface area contributed by atoms with Gasteiger partial charge in [0.2, 0.25) is 0 Å². The Labute approximate surface area is 91.3 Å². The lowest BCUT2D eigenvalue weighted by Crippen LogP contribution is -2.45. The third kappa shape index (κ3) is 2.58. The van der Waals surface area contributed by atoms with Gasteiger partial charge in [-0.2, -0.15) is 0 Å². The monoisotopic (exact) mass is 205 g/mol. The van der Waals surface area contributed by atoms with Crippen LogP contribution in [0.3, 0.4) is 0 Å². The van der Waals surface area contributed by atoms with Crippen LogP contribution < -0.4 is 5.32 Å². The van der Waals surface area contributed by atoms with Crippen LogP contribution in [0.15, 0.2) is 30.3 Å². The molecule has 2 heteroatoms. The van der Waals surface area contributed by atoms with E-state index >= 15 is 0 Å². The highest BCUT2D eigenvalue weighted by molar-refractivity contribution is 5.22. The van der Waals surface area contributed by atoms with E-state index in [1.165, 1.54) is 18.4 Å². The van der Waals surface area contributed by atoms with Gasteiger partial charge < -0.3 is 10.4 Å². The van der Waals surface area contributed by atoms with E-state index in [9.17, 15) is 0 Å². The van der Waals surface area contributed by atoms with Crippen molar-refractivity contribution in [2.75, 3.05) is 6.61 Å². The second kappa shape index (κ2) is 4.77. The third-order valence-electron chi connectivity index (χ3n) is 3.20. The summed E-state index contributed by atoms with van der Waals surface area (Å²) in [6.45, 7) is 2.25. The smallest absolute Gasteiger partial charge is 0.0582 e. The number of hydrogen-bond acceptors (Lipinski definition) is 2. The standard InChI is InChI=1S/C13H19NO/c1-10(9-15)14-13-7-12(8-13)11-5-3-2-4-6-11/h2-6,10,12-15H,7-9H2,1H3/t10-,12?,13?/m0/s1. The predicted molar refractivity (Wildman–Crippen MR) is 61.9 cm³/mol. The van der Waals surface area contributed by atoms with Gasteiger partial charge in [0.1, 0.15) is 0 Å². The Kier molecular flexibility index (Phi) is 3.39. The highest BCUT2D eigenvalue weighted by Crippen LogP contribution is 2.36. The van der Waals surface area contributed by atoms with Crippen LogP contribution in [0.4, 0.5) is 0 Å². The van der Waals surface area contributed by atoms with Crippen LogP contribution in [-0.2, 0) is 0 Å². The molecular formula is C13H19NO. The van der Waals surface area contributed by atoms with E-state index in [1.54, 1.807) is 0 Å². The maximum absolute atomic E-state index is 8.92. The quantitative estimate of drug-likeness (QED) is 0.787. The first-order valence-electron chi connectivity index (χ1n) is 5.71. The van der Waals surface area contributed by atoms with Crippen molar-refractivity contribution in [2.45, 2.75) is 37.8 Å². The van der Waals surface area contributed by atoms with E-state index in [-0.39, 0.29) is 12.6 Å². The molecule has 1 fully saturated rings. The SMILES string of the molecule is C[C@@H](CO)NC1CC(c2ccccc2)C1. The number of rotatable bonds is 4. The zero-order valence-electron chi connectivity index (χ0n) is 9.19. The van der Waals surface area contributed by atoms with E-state index in [2.05, 4.69) is 35.6 Å². The number of benzene rings is 1. The van der Waals surface area contributed by atoms with E-state index in [4.69, 9.17) is 5.11 Å². The Balaban J connectivity index is 1.79. The fourth-order valence-corrected chi connectivity index (χ4v) is 2.21. The van der Waals surface area contributed by atoms with E-state index < -0.39 is 0 Å². The topological polar surface area (TPSA) is 32.3 Å². The van der Waals surface area contributed by atoms with Gasteiger partial charge in [0.15, 0.2) is 0 Å². The molecule has 2 rings (SSSR count). The van der Waals surface area contributed by atoms with Gasteiger partial charge in [0, 0.05) is 12.1 Å². The van der Waals surface area contributed by atoms with Gasteiger partial charge in [0.05, 0.1) is 6.61 Å². The molecule has 0 heterocycles. The second-order valence-corrected chi connectivity index (χ2v) is 4.53. The van der Waals surface area contributed by atoms with Gasteiger partial charge in [0.25, 0.3) is 0 Å². The molecule has 0 bridgehead atoms. The van der Waals surface area contributed by atoms with Gasteiger partial charge in [-0.05, 0) is 31.2 Å². The second-order valence-electron chi connectivity index (χ2n) is 4.53. The molecule has 1 aromatic carbocycles. The largest absolute Gasteiger partial charge is 0.395 e. The first kappa shape index (κ1) is 10.7. The minimum atomic E-state index is 0.228. The number of nitrogens with one attached hydrogen (secondary N) is 1. The van der Waals surface area contributed by atoms with E-state index in [0.29, 0.717) is 6.04 Å². The molecule has 82 valence electrons. The van der Waals surface area contributed by atoms with Crippen LogP contribution in [0.25, 0.3) is 0 Å². The molecule has 0 aliphatic heterocycles. The van der Waals surface area contributed by atoms with Crippen molar-refractivity contribution in [3.63, 3.8) is 0 Å². The summed E-state index contributed by atoms with van der Waals surface area (Å²) >= 11 is 0. The fraction of sp³-hybridized carbons (Fsp3) is 0.538. The minimum absolute atomic E-state index is 0.228. The van der Waals surface area contributed by atoms with Gasteiger partial charge in [-0.25, -0.2) is 0 Å². The Hall–Kier alpha value is -0.860. The van der Waals surface area contributed by atoms with Crippen molar-refractivity contribution < 1.29 is 5.11 Å². The molecule has 2 N–H and O–H groups in total. The van der Waals surface area contributed by atoms with Gasteiger partial charge in [-0.3, -0.25) is 0 Å². The van der Waals surface area contributed by atoms with Crippen molar-refractivity contribution in [1.82, 2.24) is 5.32 Å². The Morgan fingerprint density at radius 1 is 1.33 bits per heavy atom. The van der Waals surface area contributed by atoms with E-state index in [0.717, 1.165) is 5.92 Å². The molecule has 2 nitrogen and oxygen atoms in total. The Morgan fingerprint density at radius 3 is 2.60 bits per heavy atom. The van der Waals surface area contributed by atoms with Crippen LogP contribution in [0, 0.1) is 0 Å². The Morgan fingerprint density at radius 2 is 2.00 bits per heavy atom. The van der Waals surface area contributed by atoms with Crippen LogP contribution in [0.2, 0.25) is 0 Å². The summed E-state index contributed by atoms with van der Waals surface area (Å²) < 4.78 is 0. The summed E-state index contributed by atoms with van der Waals surface area (Å²) in [6, 6.07) is 11.5. The first-order chi connectivity index (χ1) is 7.29. The van der Waals surface area contributed by atoms with Gasteiger partial charge in [-0.15, -0.1) is 0 Å². The summed E-state index contributed by atoms with van der Waals surface area (Å²) in [5.41, 5.74) is 1.45. The van der Waals surface area contributed by atoms with Crippen molar-refractivity contribution in [3.05, 3.63) is 35.9 Å². The highest BCUT2D eigenvalue weighted by Gasteiger charge is 2.30.